The van der Waals surface area contributed by atoms with Gasteiger partial charge < -0.3 is 11.1 Å². The highest BCUT2D eigenvalue weighted by molar-refractivity contribution is 5.96. The average molecular weight is 276 g/mol. The molecular formula is C8H17ClF3N5. The summed E-state index contributed by atoms with van der Waals surface area (Å²) in [7, 11) is 0. The standard InChI is InChI=1S/C8H16F3N5.ClH/c1-2-3-4-14-7(16-6(12)13)15-5-8(9,10)11;/h2-5H2,1H3,(H5,12,13,14,15,16);1H. The van der Waals surface area contributed by atoms with Gasteiger partial charge in [-0.3, -0.25) is 10.7 Å². The van der Waals surface area contributed by atoms with Crippen molar-refractivity contribution >= 4 is 24.3 Å². The van der Waals surface area contributed by atoms with Crippen molar-refractivity contribution in [3.05, 3.63) is 0 Å². The summed E-state index contributed by atoms with van der Waals surface area (Å²) in [5.74, 6) is -0.580. The van der Waals surface area contributed by atoms with Crippen LogP contribution in [-0.4, -0.2) is 31.2 Å². The monoisotopic (exact) mass is 275 g/mol. The molecule has 0 saturated carbocycles. The summed E-state index contributed by atoms with van der Waals surface area (Å²) in [6, 6.07) is 0. The number of nitrogens with one attached hydrogen (secondary N) is 3. The van der Waals surface area contributed by atoms with E-state index in [9.17, 15) is 13.2 Å². The Bertz CT molecular complexity index is 254. The van der Waals surface area contributed by atoms with Crippen molar-refractivity contribution in [2.24, 2.45) is 10.7 Å². The van der Waals surface area contributed by atoms with Crippen LogP contribution in [0.25, 0.3) is 0 Å². The van der Waals surface area contributed by atoms with Gasteiger partial charge in [0.1, 0.15) is 6.54 Å². The lowest BCUT2D eigenvalue weighted by Gasteiger charge is -2.11. The zero-order chi connectivity index (χ0) is 12.6. The minimum atomic E-state index is -4.36. The molecule has 0 aromatic heterocycles. The highest BCUT2D eigenvalue weighted by Crippen LogP contribution is 2.14. The van der Waals surface area contributed by atoms with Crippen molar-refractivity contribution in [2.45, 2.75) is 25.9 Å². The third kappa shape index (κ3) is 12.8. The van der Waals surface area contributed by atoms with Crippen LogP contribution in [-0.2, 0) is 0 Å². The molecule has 0 amide bonds. The van der Waals surface area contributed by atoms with Crippen molar-refractivity contribution in [3.8, 4) is 0 Å². The lowest BCUT2D eigenvalue weighted by atomic mass is 10.3. The van der Waals surface area contributed by atoms with Crippen LogP contribution < -0.4 is 16.4 Å². The number of guanidine groups is 2. The lowest BCUT2D eigenvalue weighted by Crippen LogP contribution is -2.44. The molecule has 0 radical (unpaired) electrons. The summed E-state index contributed by atoms with van der Waals surface area (Å²) < 4.78 is 35.7. The molecule has 0 atom stereocenters. The number of hydrogen-bond acceptors (Lipinski definition) is 2. The van der Waals surface area contributed by atoms with E-state index in [-0.39, 0.29) is 18.4 Å². The van der Waals surface area contributed by atoms with Gasteiger partial charge in [-0.25, -0.2) is 4.99 Å². The van der Waals surface area contributed by atoms with Gasteiger partial charge in [0.05, 0.1) is 0 Å². The molecule has 0 aliphatic heterocycles. The van der Waals surface area contributed by atoms with Crippen LogP contribution in [0, 0.1) is 5.41 Å². The molecule has 5 N–H and O–H groups in total. The molecule has 5 nitrogen and oxygen atoms in total. The van der Waals surface area contributed by atoms with Gasteiger partial charge in [-0.1, -0.05) is 13.3 Å². The van der Waals surface area contributed by atoms with E-state index in [0.717, 1.165) is 12.8 Å². The Kier molecular flexibility index (Phi) is 9.54. The Morgan fingerprint density at radius 1 is 1.41 bits per heavy atom. The summed E-state index contributed by atoms with van der Waals surface area (Å²) in [6.07, 6.45) is -2.67. The van der Waals surface area contributed by atoms with Crippen molar-refractivity contribution in [1.29, 1.82) is 5.41 Å². The summed E-state index contributed by atoms with van der Waals surface area (Å²) in [5, 5.41) is 11.8. The molecular weight excluding hydrogens is 259 g/mol. The zero-order valence-corrected chi connectivity index (χ0v) is 10.2. The van der Waals surface area contributed by atoms with Crippen molar-refractivity contribution < 1.29 is 13.2 Å². The van der Waals surface area contributed by atoms with Gasteiger partial charge >= 0.3 is 6.18 Å². The number of hydrogen-bond donors (Lipinski definition) is 4. The molecule has 0 aromatic carbocycles. The van der Waals surface area contributed by atoms with E-state index in [2.05, 4.69) is 15.6 Å². The third-order valence-electron chi connectivity index (χ3n) is 1.49. The smallest absolute Gasteiger partial charge is 0.370 e. The van der Waals surface area contributed by atoms with Crippen LogP contribution >= 0.6 is 12.4 Å². The Labute approximate surface area is 104 Å². The number of nitrogens with two attached hydrogens (primary N) is 1. The van der Waals surface area contributed by atoms with E-state index in [1.165, 1.54) is 0 Å². The molecule has 0 spiro atoms. The Morgan fingerprint density at radius 2 is 2.00 bits per heavy atom. The number of alkyl halides is 3. The maximum Gasteiger partial charge on any atom is 0.408 e. The van der Waals surface area contributed by atoms with E-state index in [4.69, 9.17) is 11.1 Å². The van der Waals surface area contributed by atoms with E-state index in [1.807, 2.05) is 6.92 Å². The zero-order valence-electron chi connectivity index (χ0n) is 9.40. The highest BCUT2D eigenvalue weighted by Gasteiger charge is 2.26. The van der Waals surface area contributed by atoms with Gasteiger partial charge in [0.15, 0.2) is 11.9 Å². The molecule has 102 valence electrons. The molecule has 0 heterocycles. The SMILES string of the molecule is CCCCNC(=NCC(F)(F)F)NC(=N)N.Cl. The number of halogens is 4. The quantitative estimate of drug-likeness (QED) is 0.353. The minimum absolute atomic E-state index is 0. The van der Waals surface area contributed by atoms with Gasteiger partial charge in [0.25, 0.3) is 0 Å². The minimum Gasteiger partial charge on any atom is -0.370 e. The summed E-state index contributed by atoms with van der Waals surface area (Å²) >= 11 is 0. The molecule has 0 aliphatic rings. The van der Waals surface area contributed by atoms with Gasteiger partial charge in [-0.05, 0) is 6.42 Å². The first kappa shape index (κ1) is 18.2. The molecule has 9 heteroatoms. The molecule has 0 aliphatic carbocycles. The second-order valence-electron chi connectivity index (χ2n) is 3.10. The van der Waals surface area contributed by atoms with Crippen LogP contribution in [0.3, 0.4) is 0 Å². The number of nitrogens with zero attached hydrogens (tertiary/aromatic N) is 1. The Morgan fingerprint density at radius 3 is 2.41 bits per heavy atom. The molecule has 17 heavy (non-hydrogen) atoms. The topological polar surface area (TPSA) is 86.3 Å². The first-order chi connectivity index (χ1) is 7.35. The van der Waals surface area contributed by atoms with Gasteiger partial charge in [0, 0.05) is 6.54 Å². The van der Waals surface area contributed by atoms with E-state index >= 15 is 0 Å². The molecule has 0 unspecified atom stereocenters. The number of aliphatic imine (C=N–C) groups is 1. The van der Waals surface area contributed by atoms with E-state index < -0.39 is 18.7 Å². The van der Waals surface area contributed by atoms with E-state index in [1.54, 1.807) is 0 Å². The summed E-state index contributed by atoms with van der Waals surface area (Å²) in [6.45, 7) is 1.13. The van der Waals surface area contributed by atoms with Gasteiger partial charge in [-0.2, -0.15) is 13.2 Å². The molecule has 0 fully saturated rings. The van der Waals surface area contributed by atoms with Gasteiger partial charge in [-0.15, -0.1) is 12.4 Å². The van der Waals surface area contributed by atoms with Gasteiger partial charge in [0.2, 0.25) is 0 Å². The van der Waals surface area contributed by atoms with Crippen LogP contribution in [0.2, 0.25) is 0 Å². The first-order valence-electron chi connectivity index (χ1n) is 4.81. The molecule has 0 saturated heterocycles. The second kappa shape index (κ2) is 8.91. The fourth-order valence-corrected chi connectivity index (χ4v) is 0.819. The fourth-order valence-electron chi connectivity index (χ4n) is 0.819. The average Bonchev–Trinajstić information content (AvgIpc) is 2.12. The van der Waals surface area contributed by atoms with Crippen molar-refractivity contribution in [1.82, 2.24) is 10.6 Å². The van der Waals surface area contributed by atoms with Crippen LogP contribution in [0.15, 0.2) is 4.99 Å². The molecule has 0 rings (SSSR count). The van der Waals surface area contributed by atoms with Crippen LogP contribution in [0.4, 0.5) is 13.2 Å². The number of unbranched alkanes of at least 4 members (excludes halogenated alkanes) is 1. The van der Waals surface area contributed by atoms with E-state index in [0.29, 0.717) is 6.54 Å². The maximum atomic E-state index is 11.9. The first-order valence-corrected chi connectivity index (χ1v) is 4.81. The molecule has 0 bridgehead atoms. The Hall–Kier alpha value is -1.18. The number of rotatable bonds is 4. The maximum absolute atomic E-state index is 11.9. The molecule has 0 aromatic rings. The van der Waals surface area contributed by atoms with Crippen molar-refractivity contribution in [3.63, 3.8) is 0 Å². The predicted molar refractivity (Wildman–Crippen MR) is 63.6 cm³/mol. The fraction of sp³-hybridized carbons (Fsp3) is 0.750. The lowest BCUT2D eigenvalue weighted by molar-refractivity contribution is -0.118. The third-order valence-corrected chi connectivity index (χ3v) is 1.49. The Balaban J connectivity index is 0. The predicted octanol–water partition coefficient (Wildman–Crippen LogP) is 1.20. The highest BCUT2D eigenvalue weighted by atomic mass is 35.5. The normalized spacial score (nSPS) is 11.6. The van der Waals surface area contributed by atoms with Crippen molar-refractivity contribution in [2.75, 3.05) is 13.1 Å². The summed E-state index contributed by atoms with van der Waals surface area (Å²) in [5.41, 5.74) is 5.01. The second-order valence-corrected chi connectivity index (χ2v) is 3.10. The van der Waals surface area contributed by atoms with Crippen LogP contribution in [0.5, 0.6) is 0 Å². The largest absolute Gasteiger partial charge is 0.408 e. The summed E-state index contributed by atoms with van der Waals surface area (Å²) in [4.78, 5) is 3.26. The van der Waals surface area contributed by atoms with Crippen LogP contribution in [0.1, 0.15) is 19.8 Å².